The van der Waals surface area contributed by atoms with Gasteiger partial charge in [-0.15, -0.1) is 11.3 Å². The van der Waals surface area contributed by atoms with Gasteiger partial charge in [0, 0.05) is 11.4 Å². The molecule has 0 aliphatic rings. The molecule has 0 unspecified atom stereocenters. The number of nitrogens with one attached hydrogen (secondary N) is 2. The zero-order valence-electron chi connectivity index (χ0n) is 12.6. The quantitative estimate of drug-likeness (QED) is 0.781. The van der Waals surface area contributed by atoms with E-state index < -0.39 is 0 Å². The first-order chi connectivity index (χ1) is 10.3. The highest BCUT2D eigenvalue weighted by molar-refractivity contribution is 7.10. The van der Waals surface area contributed by atoms with Gasteiger partial charge in [-0.3, -0.25) is 0 Å². The molecule has 7 heteroatoms. The molecule has 0 amide bonds. The summed E-state index contributed by atoms with van der Waals surface area (Å²) in [6.45, 7) is 8.05. The van der Waals surface area contributed by atoms with Crippen LogP contribution in [-0.2, 0) is 13.0 Å². The molecule has 2 N–H and O–H groups in total. The average molecular weight is 307 g/mol. The Labute approximate surface area is 129 Å². The number of hydrogen-bond acceptors (Lipinski definition) is 7. The number of anilines is 2. The summed E-state index contributed by atoms with van der Waals surface area (Å²) < 4.78 is 5.38. The van der Waals surface area contributed by atoms with Gasteiger partial charge in [0.1, 0.15) is 0 Å². The fraction of sp³-hybridized carbons (Fsp3) is 0.500. The first-order valence-corrected chi connectivity index (χ1v) is 8.06. The summed E-state index contributed by atoms with van der Waals surface area (Å²) in [4.78, 5) is 14.1. The molecule has 0 saturated carbocycles. The molecular weight excluding hydrogens is 286 g/mol. The maximum absolute atomic E-state index is 5.38. The van der Waals surface area contributed by atoms with Crippen molar-refractivity contribution in [2.45, 2.75) is 33.7 Å². The molecular formula is C14H21N5OS. The second-order valence-electron chi connectivity index (χ2n) is 4.30. The zero-order chi connectivity index (χ0) is 15.1. The van der Waals surface area contributed by atoms with E-state index in [-0.39, 0.29) is 0 Å². The Morgan fingerprint density at radius 2 is 1.86 bits per heavy atom. The summed E-state index contributed by atoms with van der Waals surface area (Å²) in [6.07, 6.45) is 1.03. The SMILES string of the molecule is CCNc1nc(NCc2sccc2CC)nc(OCC)n1. The van der Waals surface area contributed by atoms with Crippen LogP contribution in [0.4, 0.5) is 11.9 Å². The van der Waals surface area contributed by atoms with Gasteiger partial charge in [-0.05, 0) is 37.3 Å². The van der Waals surface area contributed by atoms with Gasteiger partial charge in [0.2, 0.25) is 11.9 Å². The lowest BCUT2D eigenvalue weighted by Crippen LogP contribution is -2.10. The highest BCUT2D eigenvalue weighted by Crippen LogP contribution is 2.19. The van der Waals surface area contributed by atoms with Gasteiger partial charge in [0.15, 0.2) is 0 Å². The van der Waals surface area contributed by atoms with Crippen LogP contribution in [-0.4, -0.2) is 28.1 Å². The molecule has 21 heavy (non-hydrogen) atoms. The topological polar surface area (TPSA) is 72.0 Å². The van der Waals surface area contributed by atoms with Crippen molar-refractivity contribution >= 4 is 23.2 Å². The van der Waals surface area contributed by atoms with Gasteiger partial charge >= 0.3 is 6.01 Å². The van der Waals surface area contributed by atoms with Gasteiger partial charge in [0.05, 0.1) is 13.2 Å². The molecule has 0 atom stereocenters. The van der Waals surface area contributed by atoms with E-state index in [1.54, 1.807) is 11.3 Å². The van der Waals surface area contributed by atoms with Crippen LogP contribution in [0.2, 0.25) is 0 Å². The van der Waals surface area contributed by atoms with Gasteiger partial charge in [-0.1, -0.05) is 6.92 Å². The van der Waals surface area contributed by atoms with E-state index in [1.165, 1.54) is 10.4 Å². The van der Waals surface area contributed by atoms with Crippen LogP contribution in [0.1, 0.15) is 31.2 Å². The minimum absolute atomic E-state index is 0.341. The number of hydrogen-bond donors (Lipinski definition) is 2. The van der Waals surface area contributed by atoms with E-state index in [1.807, 2.05) is 13.8 Å². The van der Waals surface area contributed by atoms with E-state index in [0.717, 1.165) is 13.0 Å². The second-order valence-corrected chi connectivity index (χ2v) is 5.31. The number of aryl methyl sites for hydroxylation is 1. The fourth-order valence-electron chi connectivity index (χ4n) is 1.86. The van der Waals surface area contributed by atoms with E-state index in [4.69, 9.17) is 4.74 Å². The predicted molar refractivity (Wildman–Crippen MR) is 86.2 cm³/mol. The van der Waals surface area contributed by atoms with Crippen LogP contribution in [0.25, 0.3) is 0 Å². The summed E-state index contributed by atoms with van der Waals surface area (Å²) in [5, 5.41) is 8.44. The van der Waals surface area contributed by atoms with Crippen molar-refractivity contribution in [2.24, 2.45) is 0 Å². The molecule has 0 radical (unpaired) electrons. The zero-order valence-corrected chi connectivity index (χ0v) is 13.5. The Bertz CT molecular complexity index is 548. The molecule has 2 heterocycles. The monoisotopic (exact) mass is 307 g/mol. The largest absolute Gasteiger partial charge is 0.464 e. The normalized spacial score (nSPS) is 10.4. The van der Waals surface area contributed by atoms with Crippen molar-refractivity contribution in [1.82, 2.24) is 15.0 Å². The summed E-state index contributed by atoms with van der Waals surface area (Å²) in [5.74, 6) is 1.06. The molecule has 0 bridgehead atoms. The number of aromatic nitrogens is 3. The molecule has 2 rings (SSSR count). The lowest BCUT2D eigenvalue weighted by molar-refractivity contribution is 0.312. The van der Waals surface area contributed by atoms with Crippen LogP contribution in [0.15, 0.2) is 11.4 Å². The van der Waals surface area contributed by atoms with Crippen molar-refractivity contribution in [3.8, 4) is 6.01 Å². The minimum atomic E-state index is 0.341. The second kappa shape index (κ2) is 7.78. The molecule has 114 valence electrons. The van der Waals surface area contributed by atoms with Crippen molar-refractivity contribution < 1.29 is 4.74 Å². The predicted octanol–water partition coefficient (Wildman–Crippen LogP) is 2.94. The molecule has 0 saturated heterocycles. The molecule has 6 nitrogen and oxygen atoms in total. The van der Waals surface area contributed by atoms with Gasteiger partial charge in [-0.25, -0.2) is 0 Å². The highest BCUT2D eigenvalue weighted by Gasteiger charge is 2.08. The number of rotatable bonds is 8. The summed E-state index contributed by atoms with van der Waals surface area (Å²) in [5.41, 5.74) is 1.36. The van der Waals surface area contributed by atoms with Gasteiger partial charge < -0.3 is 15.4 Å². The van der Waals surface area contributed by atoms with Gasteiger partial charge in [-0.2, -0.15) is 15.0 Å². The summed E-state index contributed by atoms with van der Waals surface area (Å²) >= 11 is 1.74. The van der Waals surface area contributed by atoms with E-state index in [2.05, 4.69) is 44.0 Å². The molecule has 0 fully saturated rings. The molecule has 0 aliphatic carbocycles. The number of ether oxygens (including phenoxy) is 1. The standard InChI is InChI=1S/C14H21N5OS/c1-4-10-7-8-21-11(10)9-16-13-17-12(15-5-2)18-14(19-13)20-6-3/h7-8H,4-6,9H2,1-3H3,(H2,15,16,17,18,19). The van der Waals surface area contributed by atoms with Crippen LogP contribution in [0.5, 0.6) is 6.01 Å². The van der Waals surface area contributed by atoms with Crippen LogP contribution in [0, 0.1) is 0 Å². The maximum Gasteiger partial charge on any atom is 0.323 e. The van der Waals surface area contributed by atoms with Crippen LogP contribution >= 0.6 is 11.3 Å². The van der Waals surface area contributed by atoms with Crippen molar-refractivity contribution in [3.63, 3.8) is 0 Å². The smallest absolute Gasteiger partial charge is 0.323 e. The lowest BCUT2D eigenvalue weighted by Gasteiger charge is -2.09. The molecule has 0 spiro atoms. The molecule has 0 aliphatic heterocycles. The first kappa shape index (κ1) is 15.5. The third-order valence-corrected chi connectivity index (χ3v) is 3.81. The van der Waals surface area contributed by atoms with E-state index >= 15 is 0 Å². The van der Waals surface area contributed by atoms with Crippen molar-refractivity contribution in [3.05, 3.63) is 21.9 Å². The third kappa shape index (κ3) is 4.29. The van der Waals surface area contributed by atoms with E-state index in [9.17, 15) is 0 Å². The number of thiophene rings is 1. The maximum atomic E-state index is 5.38. The van der Waals surface area contributed by atoms with Crippen LogP contribution in [0.3, 0.4) is 0 Å². The summed E-state index contributed by atoms with van der Waals surface area (Å²) in [7, 11) is 0. The van der Waals surface area contributed by atoms with E-state index in [0.29, 0.717) is 31.1 Å². The lowest BCUT2D eigenvalue weighted by atomic mass is 10.2. The Kier molecular flexibility index (Phi) is 5.74. The third-order valence-electron chi connectivity index (χ3n) is 2.85. The van der Waals surface area contributed by atoms with Gasteiger partial charge in [0.25, 0.3) is 0 Å². The fourth-order valence-corrected chi connectivity index (χ4v) is 2.78. The molecule has 0 aromatic carbocycles. The Balaban J connectivity index is 2.10. The molecule has 2 aromatic rings. The Morgan fingerprint density at radius 3 is 2.52 bits per heavy atom. The first-order valence-electron chi connectivity index (χ1n) is 7.18. The Morgan fingerprint density at radius 1 is 1.10 bits per heavy atom. The van der Waals surface area contributed by atoms with Crippen molar-refractivity contribution in [1.29, 1.82) is 0 Å². The van der Waals surface area contributed by atoms with Crippen LogP contribution < -0.4 is 15.4 Å². The van der Waals surface area contributed by atoms with Crippen molar-refractivity contribution in [2.75, 3.05) is 23.8 Å². The molecule has 2 aromatic heterocycles. The number of nitrogens with zero attached hydrogens (tertiary/aromatic N) is 3. The Hall–Kier alpha value is -1.89. The summed E-state index contributed by atoms with van der Waals surface area (Å²) in [6, 6.07) is 2.50. The minimum Gasteiger partial charge on any atom is -0.464 e. The average Bonchev–Trinajstić information content (AvgIpc) is 2.93. The highest BCUT2D eigenvalue weighted by atomic mass is 32.1.